The molecule has 0 aromatic heterocycles. The summed E-state index contributed by atoms with van der Waals surface area (Å²) in [6.07, 6.45) is 83.5. The molecule has 0 aliphatic carbocycles. The fourth-order valence-corrected chi connectivity index (χ4v) is 7.96. The van der Waals surface area contributed by atoms with Crippen molar-refractivity contribution in [2.24, 2.45) is 0 Å². The standard InChI is InChI=1S/C67H110O6/c1-4-7-10-13-16-19-21-23-24-25-26-27-28-29-30-31-32-33-34-35-36-37-38-39-40-41-42-44-45-48-51-54-57-60-66(69)72-63-64(62-71-65(68)59-56-53-50-47-18-15-12-9-6-3)73-67(70)61-58-55-52-49-46-43-22-20-17-14-11-8-5-2/h7,10,16,19-20,22-24,26-27,29-30,32-33,35-36,38-39,41-42,64H,4-6,8-9,11-15,17-18,21,25,28,31,34,37,40,43-63H2,1-3H3/b10-7-,19-16-,22-20-,24-23-,27-26-,30-29-,33-32-,36-35-,39-38-,42-41-. The summed E-state index contributed by atoms with van der Waals surface area (Å²) in [6, 6.07) is 0. The highest BCUT2D eigenvalue weighted by Gasteiger charge is 2.19. The van der Waals surface area contributed by atoms with E-state index in [9.17, 15) is 14.4 Å². The molecule has 414 valence electrons. The predicted molar refractivity (Wildman–Crippen MR) is 316 cm³/mol. The van der Waals surface area contributed by atoms with Crippen molar-refractivity contribution in [3.8, 4) is 0 Å². The third kappa shape index (κ3) is 58.6. The molecule has 0 saturated heterocycles. The molecule has 1 unspecified atom stereocenters. The summed E-state index contributed by atoms with van der Waals surface area (Å²) >= 11 is 0. The van der Waals surface area contributed by atoms with Crippen molar-refractivity contribution in [1.29, 1.82) is 0 Å². The normalized spacial score (nSPS) is 13.0. The van der Waals surface area contributed by atoms with Gasteiger partial charge in [0.05, 0.1) is 0 Å². The molecule has 1 atom stereocenters. The summed E-state index contributed by atoms with van der Waals surface area (Å²) in [7, 11) is 0. The molecule has 0 aliphatic rings. The molecule has 0 N–H and O–H groups in total. The average Bonchev–Trinajstić information content (AvgIpc) is 3.39. The lowest BCUT2D eigenvalue weighted by Crippen LogP contribution is -2.30. The van der Waals surface area contributed by atoms with Crippen molar-refractivity contribution in [1.82, 2.24) is 0 Å². The van der Waals surface area contributed by atoms with Crippen LogP contribution in [-0.4, -0.2) is 37.2 Å². The quantitative estimate of drug-likeness (QED) is 0.0261. The van der Waals surface area contributed by atoms with Crippen LogP contribution in [0.5, 0.6) is 0 Å². The topological polar surface area (TPSA) is 78.9 Å². The maximum atomic E-state index is 12.8. The molecule has 0 radical (unpaired) electrons. The van der Waals surface area contributed by atoms with Gasteiger partial charge in [0.15, 0.2) is 6.10 Å². The minimum atomic E-state index is -0.790. The molecule has 0 rings (SSSR count). The van der Waals surface area contributed by atoms with Gasteiger partial charge in [-0.05, 0) is 116 Å². The van der Waals surface area contributed by atoms with Crippen LogP contribution in [0.1, 0.15) is 265 Å². The number of carbonyl (C=O) groups excluding carboxylic acids is 3. The summed E-state index contributed by atoms with van der Waals surface area (Å²) in [4.78, 5) is 38.0. The van der Waals surface area contributed by atoms with Gasteiger partial charge in [-0.15, -0.1) is 0 Å². The molecule has 73 heavy (non-hydrogen) atoms. The number of hydrogen-bond acceptors (Lipinski definition) is 6. The molecule has 6 heteroatoms. The molecule has 0 bridgehead atoms. The van der Waals surface area contributed by atoms with E-state index < -0.39 is 6.10 Å². The van der Waals surface area contributed by atoms with Crippen molar-refractivity contribution < 1.29 is 28.6 Å². The number of esters is 3. The first-order chi connectivity index (χ1) is 36.0. The SMILES string of the molecule is CC/C=C\C/C=C\C/C=C\C/C=C\C/C=C\C/C=C\C/C=C\C/C=C\C/C=C\CCCCCCCC(=O)OCC(COC(=O)CCCCCCCCCCC)OC(=O)CCCCCCC/C=C\CCCCCC. The van der Waals surface area contributed by atoms with E-state index in [-0.39, 0.29) is 31.1 Å². The molecular weight excluding hydrogens is 901 g/mol. The first-order valence-electron chi connectivity index (χ1n) is 30.0. The first-order valence-corrected chi connectivity index (χ1v) is 30.0. The fraction of sp³-hybridized carbons (Fsp3) is 0.657. The molecule has 0 aromatic carbocycles. The number of unbranched alkanes of at least 4 members (excludes halogenated alkanes) is 22. The van der Waals surface area contributed by atoms with E-state index in [1.807, 2.05) is 0 Å². The molecule has 0 aromatic rings. The maximum Gasteiger partial charge on any atom is 0.306 e. The Balaban J connectivity index is 4.23. The second kappa shape index (κ2) is 60.4. The van der Waals surface area contributed by atoms with Gasteiger partial charge in [0.1, 0.15) is 13.2 Å². The Labute approximate surface area is 450 Å². The second-order valence-corrected chi connectivity index (χ2v) is 19.5. The minimum Gasteiger partial charge on any atom is -0.462 e. The highest BCUT2D eigenvalue weighted by Crippen LogP contribution is 2.14. The van der Waals surface area contributed by atoms with Crippen molar-refractivity contribution in [2.45, 2.75) is 271 Å². The Bertz CT molecular complexity index is 1540. The van der Waals surface area contributed by atoms with Gasteiger partial charge in [0.2, 0.25) is 0 Å². The predicted octanol–water partition coefficient (Wildman–Crippen LogP) is 20.4. The Morgan fingerprint density at radius 3 is 0.863 bits per heavy atom. The summed E-state index contributed by atoms with van der Waals surface area (Å²) in [5.41, 5.74) is 0. The van der Waals surface area contributed by atoms with Gasteiger partial charge < -0.3 is 14.2 Å². The number of ether oxygens (including phenoxy) is 3. The number of allylic oxidation sites excluding steroid dienone is 20. The molecule has 0 aliphatic heterocycles. The van der Waals surface area contributed by atoms with Gasteiger partial charge in [-0.3, -0.25) is 14.4 Å². The van der Waals surface area contributed by atoms with Crippen LogP contribution in [0, 0.1) is 0 Å². The van der Waals surface area contributed by atoms with E-state index in [2.05, 4.69) is 142 Å². The third-order valence-electron chi connectivity index (χ3n) is 12.5. The first kappa shape index (κ1) is 68.8. The lowest BCUT2D eigenvalue weighted by molar-refractivity contribution is -0.167. The van der Waals surface area contributed by atoms with Crippen LogP contribution < -0.4 is 0 Å². The van der Waals surface area contributed by atoms with Gasteiger partial charge >= 0.3 is 17.9 Å². The van der Waals surface area contributed by atoms with Gasteiger partial charge in [-0.2, -0.15) is 0 Å². The van der Waals surface area contributed by atoms with Crippen molar-refractivity contribution in [2.75, 3.05) is 13.2 Å². The zero-order valence-corrected chi connectivity index (χ0v) is 47.4. The summed E-state index contributed by atoms with van der Waals surface area (Å²) < 4.78 is 16.8. The van der Waals surface area contributed by atoms with Crippen LogP contribution >= 0.6 is 0 Å². The molecule has 0 heterocycles. The second-order valence-electron chi connectivity index (χ2n) is 19.5. The van der Waals surface area contributed by atoms with E-state index in [4.69, 9.17) is 14.2 Å². The van der Waals surface area contributed by atoms with Gasteiger partial charge in [0.25, 0.3) is 0 Å². The molecule has 0 amide bonds. The number of rotatable bonds is 53. The molecule has 0 saturated carbocycles. The Kier molecular flexibility index (Phi) is 56.9. The smallest absolute Gasteiger partial charge is 0.306 e. The molecular formula is C67H110O6. The van der Waals surface area contributed by atoms with E-state index >= 15 is 0 Å². The van der Waals surface area contributed by atoms with Crippen molar-refractivity contribution in [3.63, 3.8) is 0 Å². The Morgan fingerprint density at radius 2 is 0.534 bits per heavy atom. The van der Waals surface area contributed by atoms with Crippen LogP contribution in [0.4, 0.5) is 0 Å². The zero-order chi connectivity index (χ0) is 52.9. The molecule has 0 fully saturated rings. The van der Waals surface area contributed by atoms with Crippen LogP contribution in [0.2, 0.25) is 0 Å². The fourth-order valence-electron chi connectivity index (χ4n) is 7.96. The van der Waals surface area contributed by atoms with Gasteiger partial charge in [0, 0.05) is 19.3 Å². The van der Waals surface area contributed by atoms with Crippen LogP contribution in [0.25, 0.3) is 0 Å². The van der Waals surface area contributed by atoms with Crippen LogP contribution in [0.15, 0.2) is 122 Å². The van der Waals surface area contributed by atoms with E-state index in [1.165, 1.54) is 77.0 Å². The number of carbonyl (C=O) groups is 3. The van der Waals surface area contributed by atoms with Crippen LogP contribution in [0.3, 0.4) is 0 Å². The Morgan fingerprint density at radius 1 is 0.288 bits per heavy atom. The Hall–Kier alpha value is -4.19. The van der Waals surface area contributed by atoms with Gasteiger partial charge in [-0.25, -0.2) is 0 Å². The van der Waals surface area contributed by atoms with Crippen molar-refractivity contribution in [3.05, 3.63) is 122 Å². The van der Waals surface area contributed by atoms with Gasteiger partial charge in [-0.1, -0.05) is 251 Å². The third-order valence-corrected chi connectivity index (χ3v) is 12.5. The minimum absolute atomic E-state index is 0.0875. The molecule has 0 spiro atoms. The lowest BCUT2D eigenvalue weighted by Gasteiger charge is -2.18. The summed E-state index contributed by atoms with van der Waals surface area (Å²) in [6.45, 7) is 6.46. The molecule has 6 nitrogen and oxygen atoms in total. The van der Waals surface area contributed by atoms with E-state index in [0.29, 0.717) is 19.3 Å². The number of hydrogen-bond donors (Lipinski definition) is 0. The van der Waals surface area contributed by atoms with E-state index in [1.54, 1.807) is 0 Å². The van der Waals surface area contributed by atoms with Crippen LogP contribution in [-0.2, 0) is 28.6 Å². The summed E-state index contributed by atoms with van der Waals surface area (Å²) in [5, 5.41) is 0. The monoisotopic (exact) mass is 1010 g/mol. The lowest BCUT2D eigenvalue weighted by atomic mass is 10.1. The summed E-state index contributed by atoms with van der Waals surface area (Å²) in [5.74, 6) is -0.920. The highest BCUT2D eigenvalue weighted by atomic mass is 16.6. The zero-order valence-electron chi connectivity index (χ0n) is 47.4. The van der Waals surface area contributed by atoms with E-state index in [0.717, 1.165) is 148 Å². The maximum absolute atomic E-state index is 12.8. The average molecular weight is 1010 g/mol. The highest BCUT2D eigenvalue weighted by molar-refractivity contribution is 5.71. The largest absolute Gasteiger partial charge is 0.462 e. The van der Waals surface area contributed by atoms with Crippen molar-refractivity contribution >= 4 is 17.9 Å².